The van der Waals surface area contributed by atoms with E-state index in [1.807, 2.05) is 10.6 Å². The Bertz CT molecular complexity index is 412. The number of methoxy groups -OCH3 is 1. The second kappa shape index (κ2) is 8.57. The van der Waals surface area contributed by atoms with Crippen LogP contribution < -0.4 is 10.6 Å². The maximum atomic E-state index is 12.9. The van der Waals surface area contributed by atoms with Crippen molar-refractivity contribution in [1.29, 1.82) is 0 Å². The fourth-order valence-electron chi connectivity index (χ4n) is 1.54. The molecule has 2 atom stereocenters. The molecule has 0 aliphatic rings. The first-order valence-corrected chi connectivity index (χ1v) is 6.38. The van der Waals surface area contributed by atoms with Crippen LogP contribution in [-0.4, -0.2) is 54.9 Å². The number of esters is 1. The number of hydrogen-bond donors (Lipinski definition) is 3. The molecule has 0 aliphatic carbocycles. The highest BCUT2D eigenvalue weighted by Crippen LogP contribution is 2.23. The number of carbonyl (C=O) groups is 3. The number of hydrogen-bond acceptors (Lipinski definition) is 5. The third kappa shape index (κ3) is 7.25. The standard InChI is InChI=1S/C12H19F3N2O5/c1-6(2)10(11(20)21)17-7(12(13,14)15)4-8(18)16-5-9(19)22-3/h6-7,10,17H,4-5H2,1-3H3,(H,16,18)(H,20,21)/t7?,10-/m0/s1. The lowest BCUT2D eigenvalue weighted by atomic mass is 10.0. The van der Waals surface area contributed by atoms with Crippen LogP contribution in [0, 0.1) is 5.92 Å². The molecule has 0 fully saturated rings. The summed E-state index contributed by atoms with van der Waals surface area (Å²) in [5.74, 6) is -3.91. The normalized spacial score (nSPS) is 14.3. The Morgan fingerprint density at radius 3 is 2.14 bits per heavy atom. The number of carboxylic acid groups (broad SMARTS) is 1. The van der Waals surface area contributed by atoms with Gasteiger partial charge in [-0.1, -0.05) is 13.8 Å². The Kier molecular flexibility index (Phi) is 7.85. The van der Waals surface area contributed by atoms with E-state index in [1.54, 1.807) is 0 Å². The summed E-state index contributed by atoms with van der Waals surface area (Å²) in [5.41, 5.74) is 0. The van der Waals surface area contributed by atoms with Gasteiger partial charge in [-0.3, -0.25) is 19.7 Å². The predicted octanol–water partition coefficient (Wildman–Crippen LogP) is 0.295. The minimum Gasteiger partial charge on any atom is -0.480 e. The summed E-state index contributed by atoms with van der Waals surface area (Å²) in [6.07, 6.45) is -5.86. The highest BCUT2D eigenvalue weighted by Gasteiger charge is 2.43. The molecule has 10 heteroatoms. The number of aliphatic carboxylic acids is 1. The summed E-state index contributed by atoms with van der Waals surface area (Å²) in [6, 6.07) is -3.80. The van der Waals surface area contributed by atoms with Crippen molar-refractivity contribution < 1.29 is 37.4 Å². The van der Waals surface area contributed by atoms with Gasteiger partial charge in [0.1, 0.15) is 18.6 Å². The summed E-state index contributed by atoms with van der Waals surface area (Å²) in [4.78, 5) is 33.2. The molecule has 1 amide bonds. The van der Waals surface area contributed by atoms with Gasteiger partial charge in [-0.15, -0.1) is 0 Å². The lowest BCUT2D eigenvalue weighted by Gasteiger charge is -2.26. The fraction of sp³-hybridized carbons (Fsp3) is 0.750. The van der Waals surface area contributed by atoms with Gasteiger partial charge in [-0.05, 0) is 5.92 Å². The first kappa shape index (κ1) is 20.2. The Labute approximate surface area is 125 Å². The monoisotopic (exact) mass is 328 g/mol. The van der Waals surface area contributed by atoms with Crippen molar-refractivity contribution in [3.8, 4) is 0 Å². The summed E-state index contributed by atoms with van der Waals surface area (Å²) < 4.78 is 42.9. The van der Waals surface area contributed by atoms with E-state index < -0.39 is 55.0 Å². The predicted molar refractivity (Wildman–Crippen MR) is 68.9 cm³/mol. The van der Waals surface area contributed by atoms with E-state index in [1.165, 1.54) is 13.8 Å². The molecule has 3 N–H and O–H groups in total. The number of carbonyl (C=O) groups excluding carboxylic acids is 2. The number of carboxylic acids is 1. The summed E-state index contributed by atoms with van der Waals surface area (Å²) in [6.45, 7) is 2.32. The molecule has 0 aromatic rings. The second-order valence-electron chi connectivity index (χ2n) is 4.88. The highest BCUT2D eigenvalue weighted by molar-refractivity contribution is 5.82. The van der Waals surface area contributed by atoms with Crippen LogP contribution in [0.4, 0.5) is 13.2 Å². The quantitative estimate of drug-likeness (QED) is 0.554. The molecule has 0 aromatic heterocycles. The maximum absolute atomic E-state index is 12.9. The molecule has 0 bridgehead atoms. The molecule has 0 saturated heterocycles. The van der Waals surface area contributed by atoms with Gasteiger partial charge >= 0.3 is 18.1 Å². The zero-order valence-corrected chi connectivity index (χ0v) is 12.4. The van der Waals surface area contributed by atoms with E-state index in [2.05, 4.69) is 4.74 Å². The van der Waals surface area contributed by atoms with E-state index in [9.17, 15) is 27.6 Å². The molecule has 0 heterocycles. The molecule has 0 spiro atoms. The zero-order valence-electron chi connectivity index (χ0n) is 12.4. The van der Waals surface area contributed by atoms with Crippen LogP contribution in [0.1, 0.15) is 20.3 Å². The van der Waals surface area contributed by atoms with Crippen molar-refractivity contribution in [1.82, 2.24) is 10.6 Å². The van der Waals surface area contributed by atoms with E-state index in [4.69, 9.17) is 5.11 Å². The van der Waals surface area contributed by atoms with Crippen LogP contribution in [0.2, 0.25) is 0 Å². The SMILES string of the molecule is COC(=O)CNC(=O)CC(N[C@H](C(=O)O)C(C)C)C(F)(F)F. The van der Waals surface area contributed by atoms with Gasteiger partial charge in [-0.2, -0.15) is 13.2 Å². The van der Waals surface area contributed by atoms with Gasteiger partial charge < -0.3 is 15.2 Å². The third-order valence-electron chi connectivity index (χ3n) is 2.76. The molecule has 0 aliphatic heterocycles. The maximum Gasteiger partial charge on any atom is 0.404 e. The van der Waals surface area contributed by atoms with Gasteiger partial charge in [0, 0.05) is 0 Å². The number of alkyl halides is 3. The first-order valence-electron chi connectivity index (χ1n) is 6.38. The van der Waals surface area contributed by atoms with Crippen molar-refractivity contribution in [2.24, 2.45) is 5.92 Å². The molecule has 0 saturated carbocycles. The first-order chi connectivity index (χ1) is 9.98. The van der Waals surface area contributed by atoms with Crippen molar-refractivity contribution in [3.05, 3.63) is 0 Å². The van der Waals surface area contributed by atoms with Crippen LogP contribution >= 0.6 is 0 Å². The molecule has 0 aromatic carbocycles. The molecular weight excluding hydrogens is 309 g/mol. The smallest absolute Gasteiger partial charge is 0.404 e. The Hall–Kier alpha value is -1.84. The van der Waals surface area contributed by atoms with E-state index in [0.29, 0.717) is 0 Å². The topological polar surface area (TPSA) is 105 Å². The van der Waals surface area contributed by atoms with Gasteiger partial charge in [0.05, 0.1) is 13.5 Å². The van der Waals surface area contributed by atoms with Crippen LogP contribution in [0.15, 0.2) is 0 Å². The fourth-order valence-corrected chi connectivity index (χ4v) is 1.54. The van der Waals surface area contributed by atoms with Crippen LogP contribution in [0.25, 0.3) is 0 Å². The number of rotatable bonds is 8. The Morgan fingerprint density at radius 2 is 1.77 bits per heavy atom. The molecular formula is C12H19F3N2O5. The summed E-state index contributed by atoms with van der Waals surface area (Å²) in [5, 5.41) is 12.8. The van der Waals surface area contributed by atoms with E-state index in [0.717, 1.165) is 7.11 Å². The average Bonchev–Trinajstić information content (AvgIpc) is 2.38. The van der Waals surface area contributed by atoms with Crippen LogP contribution in [-0.2, 0) is 19.1 Å². The number of amides is 1. The van der Waals surface area contributed by atoms with Crippen molar-refractivity contribution in [2.75, 3.05) is 13.7 Å². The molecule has 22 heavy (non-hydrogen) atoms. The molecule has 128 valence electrons. The summed E-state index contributed by atoms with van der Waals surface area (Å²) in [7, 11) is 1.06. The number of halogens is 3. The molecule has 0 radical (unpaired) electrons. The van der Waals surface area contributed by atoms with Gasteiger partial charge in [-0.25, -0.2) is 0 Å². The minimum atomic E-state index is -4.81. The Morgan fingerprint density at radius 1 is 1.23 bits per heavy atom. The minimum absolute atomic E-state index is 0.563. The van der Waals surface area contributed by atoms with E-state index in [-0.39, 0.29) is 0 Å². The van der Waals surface area contributed by atoms with Gasteiger partial charge in [0.25, 0.3) is 0 Å². The summed E-state index contributed by atoms with van der Waals surface area (Å²) >= 11 is 0. The number of ether oxygens (including phenoxy) is 1. The van der Waals surface area contributed by atoms with Crippen molar-refractivity contribution in [2.45, 2.75) is 38.5 Å². The Balaban J connectivity index is 4.83. The number of nitrogens with one attached hydrogen (secondary N) is 2. The molecule has 1 unspecified atom stereocenters. The lowest BCUT2D eigenvalue weighted by Crippen LogP contribution is -2.54. The highest BCUT2D eigenvalue weighted by atomic mass is 19.4. The second-order valence-corrected chi connectivity index (χ2v) is 4.88. The van der Waals surface area contributed by atoms with E-state index >= 15 is 0 Å². The molecule has 7 nitrogen and oxygen atoms in total. The largest absolute Gasteiger partial charge is 0.480 e. The van der Waals surface area contributed by atoms with Crippen LogP contribution in [0.3, 0.4) is 0 Å². The molecule has 0 rings (SSSR count). The zero-order chi connectivity index (χ0) is 17.5. The third-order valence-corrected chi connectivity index (χ3v) is 2.76. The van der Waals surface area contributed by atoms with Gasteiger partial charge in [0.15, 0.2) is 0 Å². The van der Waals surface area contributed by atoms with Crippen molar-refractivity contribution in [3.63, 3.8) is 0 Å². The van der Waals surface area contributed by atoms with Crippen LogP contribution in [0.5, 0.6) is 0 Å². The van der Waals surface area contributed by atoms with Crippen molar-refractivity contribution >= 4 is 17.8 Å². The van der Waals surface area contributed by atoms with Gasteiger partial charge in [0.2, 0.25) is 5.91 Å². The lowest BCUT2D eigenvalue weighted by molar-refractivity contribution is -0.167. The average molecular weight is 328 g/mol.